The van der Waals surface area contributed by atoms with Gasteiger partial charge in [0.2, 0.25) is 5.91 Å². The first-order valence-electron chi connectivity index (χ1n) is 11.1. The second kappa shape index (κ2) is 11.8. The van der Waals surface area contributed by atoms with Gasteiger partial charge in [0, 0.05) is 38.5 Å². The molecule has 8 nitrogen and oxygen atoms in total. The van der Waals surface area contributed by atoms with Gasteiger partial charge in [0.1, 0.15) is 0 Å². The van der Waals surface area contributed by atoms with Crippen molar-refractivity contribution < 1.29 is 14.3 Å². The average Bonchev–Trinajstić information content (AvgIpc) is 2.81. The van der Waals surface area contributed by atoms with Crippen LogP contribution < -0.4 is 10.9 Å². The van der Waals surface area contributed by atoms with Crippen molar-refractivity contribution in [1.82, 2.24) is 14.5 Å². The van der Waals surface area contributed by atoms with Gasteiger partial charge in [-0.3, -0.25) is 19.0 Å². The van der Waals surface area contributed by atoms with E-state index in [2.05, 4.69) is 10.3 Å². The summed E-state index contributed by atoms with van der Waals surface area (Å²) in [6, 6.07) is 13.9. The fourth-order valence-electron chi connectivity index (χ4n) is 3.28. The number of anilines is 1. The molecule has 180 valence electrons. The van der Waals surface area contributed by atoms with Crippen LogP contribution in [0.2, 0.25) is 0 Å². The first-order valence-corrected chi connectivity index (χ1v) is 12.1. The maximum atomic E-state index is 13.1. The number of hydrogen-bond donors (Lipinski definition) is 1. The largest absolute Gasteiger partial charge is 0.379 e. The topological polar surface area (TPSA) is 93.5 Å². The Balaban J connectivity index is 1.70. The van der Waals surface area contributed by atoms with Crippen LogP contribution in [0.15, 0.2) is 58.5 Å². The van der Waals surface area contributed by atoms with Gasteiger partial charge in [-0.1, -0.05) is 23.9 Å². The molecule has 0 unspecified atom stereocenters. The third-order valence-electron chi connectivity index (χ3n) is 4.96. The van der Waals surface area contributed by atoms with Crippen molar-refractivity contribution in [3.63, 3.8) is 0 Å². The van der Waals surface area contributed by atoms with Crippen molar-refractivity contribution in [2.45, 2.75) is 38.1 Å². The summed E-state index contributed by atoms with van der Waals surface area (Å²) < 4.78 is 7.22. The molecule has 0 bridgehead atoms. The van der Waals surface area contributed by atoms with Gasteiger partial charge < -0.3 is 15.0 Å². The Bertz CT molecular complexity index is 1210. The van der Waals surface area contributed by atoms with Crippen LogP contribution in [0.4, 0.5) is 5.69 Å². The monoisotopic (exact) mass is 482 g/mol. The number of carbonyl (C=O) groups is 2. The van der Waals surface area contributed by atoms with Gasteiger partial charge in [0.15, 0.2) is 5.16 Å². The summed E-state index contributed by atoms with van der Waals surface area (Å²) in [6.45, 7) is 4.93. The Labute approximate surface area is 203 Å². The summed E-state index contributed by atoms with van der Waals surface area (Å²) in [4.78, 5) is 43.8. The van der Waals surface area contributed by atoms with Crippen LogP contribution >= 0.6 is 11.8 Å². The van der Waals surface area contributed by atoms with Crippen LogP contribution in [0.5, 0.6) is 0 Å². The number of benzene rings is 2. The summed E-state index contributed by atoms with van der Waals surface area (Å²) in [6.07, 6.45) is 0.787. The lowest BCUT2D eigenvalue weighted by Gasteiger charge is -2.14. The number of rotatable bonds is 10. The molecular formula is C25H30N4O4S. The number of nitrogens with one attached hydrogen (secondary N) is 1. The van der Waals surface area contributed by atoms with Gasteiger partial charge in [-0.05, 0) is 56.7 Å². The lowest BCUT2D eigenvalue weighted by molar-refractivity contribution is -0.113. The van der Waals surface area contributed by atoms with E-state index >= 15 is 0 Å². The predicted molar refractivity (Wildman–Crippen MR) is 136 cm³/mol. The second-order valence-electron chi connectivity index (χ2n) is 8.26. The summed E-state index contributed by atoms with van der Waals surface area (Å²) in [7, 11) is 3.38. The Kier molecular flexibility index (Phi) is 8.84. The minimum Gasteiger partial charge on any atom is -0.379 e. The summed E-state index contributed by atoms with van der Waals surface area (Å²) in [5, 5.41) is 3.87. The van der Waals surface area contributed by atoms with Gasteiger partial charge >= 0.3 is 0 Å². The van der Waals surface area contributed by atoms with Crippen LogP contribution in [0.25, 0.3) is 10.9 Å². The molecule has 9 heteroatoms. The minimum atomic E-state index is -0.228. The number of hydrogen-bond acceptors (Lipinski definition) is 6. The van der Waals surface area contributed by atoms with Gasteiger partial charge in [-0.15, -0.1) is 0 Å². The molecule has 2 aromatic carbocycles. The number of amides is 2. The van der Waals surface area contributed by atoms with E-state index in [1.807, 2.05) is 26.0 Å². The number of aromatic nitrogens is 2. The number of ether oxygens (including phenoxy) is 1. The minimum absolute atomic E-state index is 0.0889. The van der Waals surface area contributed by atoms with E-state index in [0.717, 1.165) is 0 Å². The molecule has 1 aromatic heterocycles. The summed E-state index contributed by atoms with van der Waals surface area (Å²) in [5.41, 5.74) is 1.62. The van der Waals surface area contributed by atoms with Gasteiger partial charge in [0.25, 0.3) is 11.5 Å². The normalized spacial score (nSPS) is 11.1. The maximum absolute atomic E-state index is 13.1. The lowest BCUT2D eigenvalue weighted by atomic mass is 10.2. The molecule has 3 rings (SSSR count). The first-order chi connectivity index (χ1) is 16.3. The summed E-state index contributed by atoms with van der Waals surface area (Å²) in [5.74, 6) is -0.243. The van der Waals surface area contributed by atoms with Crippen LogP contribution in [0.3, 0.4) is 0 Å². The second-order valence-corrected chi connectivity index (χ2v) is 9.20. The van der Waals surface area contributed by atoms with E-state index in [-0.39, 0.29) is 29.2 Å². The molecular weight excluding hydrogens is 452 g/mol. The van der Waals surface area contributed by atoms with E-state index < -0.39 is 0 Å². The van der Waals surface area contributed by atoms with Gasteiger partial charge in [-0.25, -0.2) is 4.98 Å². The van der Waals surface area contributed by atoms with E-state index in [1.165, 1.54) is 16.7 Å². The van der Waals surface area contributed by atoms with E-state index in [4.69, 9.17) is 4.74 Å². The number of carbonyl (C=O) groups excluding carboxylic acids is 2. The predicted octanol–water partition coefficient (Wildman–Crippen LogP) is 3.64. The van der Waals surface area contributed by atoms with Crippen molar-refractivity contribution in [2.75, 3.05) is 31.8 Å². The Hall–Kier alpha value is -3.17. The molecule has 34 heavy (non-hydrogen) atoms. The molecule has 0 atom stereocenters. The first kappa shape index (κ1) is 25.5. The number of thioether (sulfide) groups is 1. The SMILES string of the molecule is CC(C)OCCCn1c(SCC(=O)Nc2ccc(C(=O)N(C)C)cc2)nc2ccccc2c1=O. The molecule has 0 aliphatic heterocycles. The van der Waals surface area contributed by atoms with Crippen molar-refractivity contribution >= 4 is 40.2 Å². The Morgan fingerprint density at radius 3 is 2.50 bits per heavy atom. The van der Waals surface area contributed by atoms with Crippen LogP contribution in [0, 0.1) is 0 Å². The number of fused-ring (bicyclic) bond motifs is 1. The fraction of sp³-hybridized carbons (Fsp3) is 0.360. The van der Waals surface area contributed by atoms with Crippen molar-refractivity contribution in [3.05, 3.63) is 64.4 Å². The smallest absolute Gasteiger partial charge is 0.262 e. The molecule has 1 heterocycles. The number of para-hydroxylation sites is 1. The molecule has 2 amide bonds. The Morgan fingerprint density at radius 1 is 1.12 bits per heavy atom. The quantitative estimate of drug-likeness (QED) is 0.269. The molecule has 0 fully saturated rings. The van der Waals surface area contributed by atoms with Gasteiger partial charge in [0.05, 0.1) is 22.8 Å². The standard InChI is InChI=1S/C25H30N4O4S/c1-17(2)33-15-7-14-29-24(32)20-8-5-6-9-21(20)27-25(29)34-16-22(30)26-19-12-10-18(11-13-19)23(31)28(3)4/h5-6,8-13,17H,7,14-16H2,1-4H3,(H,26,30). The van der Waals surface area contributed by atoms with Gasteiger partial charge in [-0.2, -0.15) is 0 Å². The molecule has 0 spiro atoms. The van der Waals surface area contributed by atoms with Crippen molar-refractivity contribution in [1.29, 1.82) is 0 Å². The van der Waals surface area contributed by atoms with E-state index in [1.54, 1.807) is 55.1 Å². The number of nitrogens with zero attached hydrogens (tertiary/aromatic N) is 3. The Morgan fingerprint density at radius 2 is 1.82 bits per heavy atom. The van der Waals surface area contributed by atoms with Crippen LogP contribution in [-0.4, -0.2) is 58.8 Å². The molecule has 0 saturated carbocycles. The van der Waals surface area contributed by atoms with E-state index in [9.17, 15) is 14.4 Å². The highest BCUT2D eigenvalue weighted by atomic mass is 32.2. The average molecular weight is 483 g/mol. The highest BCUT2D eigenvalue weighted by Crippen LogP contribution is 2.19. The molecule has 0 radical (unpaired) electrons. The third-order valence-corrected chi connectivity index (χ3v) is 5.93. The third kappa shape index (κ3) is 6.68. The van der Waals surface area contributed by atoms with Crippen LogP contribution in [0.1, 0.15) is 30.6 Å². The van der Waals surface area contributed by atoms with Crippen molar-refractivity contribution in [2.24, 2.45) is 0 Å². The molecule has 1 N–H and O–H groups in total. The molecule has 0 aliphatic carbocycles. The fourth-order valence-corrected chi connectivity index (χ4v) is 4.10. The molecule has 0 saturated heterocycles. The molecule has 3 aromatic rings. The highest BCUT2D eigenvalue weighted by Gasteiger charge is 2.14. The van der Waals surface area contributed by atoms with E-state index in [0.29, 0.717) is 46.9 Å². The maximum Gasteiger partial charge on any atom is 0.262 e. The lowest BCUT2D eigenvalue weighted by Crippen LogP contribution is -2.25. The van der Waals surface area contributed by atoms with Crippen LogP contribution in [-0.2, 0) is 16.1 Å². The summed E-state index contributed by atoms with van der Waals surface area (Å²) >= 11 is 1.22. The molecule has 0 aliphatic rings. The zero-order chi connectivity index (χ0) is 24.7. The highest BCUT2D eigenvalue weighted by molar-refractivity contribution is 7.99. The zero-order valence-corrected chi connectivity index (χ0v) is 20.7. The van der Waals surface area contributed by atoms with Crippen molar-refractivity contribution in [3.8, 4) is 0 Å². The zero-order valence-electron chi connectivity index (χ0n) is 19.9.